The zero-order chi connectivity index (χ0) is 22.8. The highest BCUT2D eigenvalue weighted by atomic mass is 35.5. The van der Waals surface area contributed by atoms with E-state index in [-0.39, 0.29) is 11.8 Å². The van der Waals surface area contributed by atoms with Crippen LogP contribution in [0.15, 0.2) is 42.5 Å². The molecule has 1 aliphatic carbocycles. The van der Waals surface area contributed by atoms with Crippen molar-refractivity contribution in [3.8, 4) is 0 Å². The van der Waals surface area contributed by atoms with Crippen LogP contribution >= 0.6 is 23.2 Å². The second-order valence-electron chi connectivity index (χ2n) is 9.25. The van der Waals surface area contributed by atoms with Gasteiger partial charge in [-0.1, -0.05) is 54.2 Å². The van der Waals surface area contributed by atoms with Crippen molar-refractivity contribution in [2.24, 2.45) is 5.92 Å². The predicted octanol–water partition coefficient (Wildman–Crippen LogP) is 6.03. The molecule has 1 N–H and O–H groups in total. The fourth-order valence-electron chi connectivity index (χ4n) is 5.31. The Hall–Kier alpha value is -2.24. The van der Waals surface area contributed by atoms with E-state index in [1.807, 2.05) is 12.1 Å². The van der Waals surface area contributed by atoms with Gasteiger partial charge in [-0.05, 0) is 61.9 Å². The first-order valence-electron chi connectivity index (χ1n) is 12.0. The van der Waals surface area contributed by atoms with E-state index in [4.69, 9.17) is 28.2 Å². The van der Waals surface area contributed by atoms with E-state index in [2.05, 4.69) is 39.0 Å². The van der Waals surface area contributed by atoms with Gasteiger partial charge in [-0.3, -0.25) is 4.79 Å². The summed E-state index contributed by atoms with van der Waals surface area (Å²) in [5, 5.41) is 4.38. The van der Waals surface area contributed by atoms with Crippen molar-refractivity contribution in [1.82, 2.24) is 14.9 Å². The largest absolute Gasteiger partial charge is 0.356 e. The van der Waals surface area contributed by atoms with Crippen LogP contribution in [0.3, 0.4) is 0 Å². The van der Waals surface area contributed by atoms with E-state index < -0.39 is 0 Å². The highest BCUT2D eigenvalue weighted by Gasteiger charge is 2.30. The molecule has 0 spiro atoms. The number of para-hydroxylation sites is 2. The highest BCUT2D eigenvalue weighted by Crippen LogP contribution is 2.37. The lowest BCUT2D eigenvalue weighted by molar-refractivity contribution is -0.125. The minimum Gasteiger partial charge on any atom is -0.356 e. The molecule has 0 atom stereocenters. The highest BCUT2D eigenvalue weighted by molar-refractivity contribution is 6.35. The van der Waals surface area contributed by atoms with Crippen molar-refractivity contribution in [2.75, 3.05) is 24.5 Å². The standard InChI is InChI=1S/C26H30Cl2N4O/c27-20-10-9-18(22(28)17-20)11-14-29-25(33)19-12-15-31(16-13-19)26-30-23-7-3-4-8-24(23)32(26)21-5-1-2-6-21/h3-4,7-10,17,19,21H,1-2,5-6,11-16H2,(H,29,33). The van der Waals surface area contributed by atoms with Gasteiger partial charge in [-0.2, -0.15) is 0 Å². The van der Waals surface area contributed by atoms with Gasteiger partial charge < -0.3 is 14.8 Å². The summed E-state index contributed by atoms with van der Waals surface area (Å²) in [6.45, 7) is 2.30. The van der Waals surface area contributed by atoms with E-state index in [1.54, 1.807) is 6.07 Å². The lowest BCUT2D eigenvalue weighted by atomic mass is 9.96. The van der Waals surface area contributed by atoms with E-state index in [0.29, 0.717) is 29.1 Å². The van der Waals surface area contributed by atoms with Gasteiger partial charge in [0.25, 0.3) is 0 Å². The number of nitrogens with zero attached hydrogens (tertiary/aromatic N) is 3. The number of carbonyl (C=O) groups is 1. The predicted molar refractivity (Wildman–Crippen MR) is 135 cm³/mol. The van der Waals surface area contributed by atoms with Crippen molar-refractivity contribution in [3.05, 3.63) is 58.1 Å². The molecule has 1 amide bonds. The zero-order valence-electron chi connectivity index (χ0n) is 18.8. The number of piperidine rings is 1. The Balaban J connectivity index is 1.20. The molecule has 0 radical (unpaired) electrons. The summed E-state index contributed by atoms with van der Waals surface area (Å²) in [5.41, 5.74) is 3.31. The molecule has 2 heterocycles. The third-order valence-electron chi connectivity index (χ3n) is 7.12. The number of hydrogen-bond donors (Lipinski definition) is 1. The number of anilines is 1. The van der Waals surface area contributed by atoms with Gasteiger partial charge in [0.1, 0.15) is 0 Å². The second-order valence-corrected chi connectivity index (χ2v) is 10.1. The van der Waals surface area contributed by atoms with Crippen LogP contribution < -0.4 is 10.2 Å². The number of halogens is 2. The molecule has 7 heteroatoms. The lowest BCUT2D eigenvalue weighted by Crippen LogP contribution is -2.42. The third kappa shape index (κ3) is 4.85. The van der Waals surface area contributed by atoms with Crippen LogP contribution in [0.2, 0.25) is 10.0 Å². The number of fused-ring (bicyclic) bond motifs is 1. The molecular weight excluding hydrogens is 455 g/mol. The zero-order valence-corrected chi connectivity index (χ0v) is 20.3. The van der Waals surface area contributed by atoms with Gasteiger partial charge in [0.2, 0.25) is 11.9 Å². The normalized spacial score (nSPS) is 17.7. The second kappa shape index (κ2) is 9.94. The molecule has 1 saturated heterocycles. The quantitative estimate of drug-likeness (QED) is 0.464. The van der Waals surface area contributed by atoms with Gasteiger partial charge >= 0.3 is 0 Å². The molecule has 5 nitrogen and oxygen atoms in total. The summed E-state index contributed by atoms with van der Waals surface area (Å²) >= 11 is 12.2. The number of aromatic nitrogens is 2. The molecule has 1 aromatic heterocycles. The smallest absolute Gasteiger partial charge is 0.223 e. The number of amides is 1. The Labute approximate surface area is 205 Å². The summed E-state index contributed by atoms with van der Waals surface area (Å²) in [4.78, 5) is 20.2. The number of benzene rings is 2. The van der Waals surface area contributed by atoms with Crippen LogP contribution in [0, 0.1) is 5.92 Å². The maximum absolute atomic E-state index is 12.8. The first kappa shape index (κ1) is 22.5. The van der Waals surface area contributed by atoms with Crippen LogP contribution in [-0.4, -0.2) is 35.1 Å². The molecule has 174 valence electrons. The Morgan fingerprint density at radius 2 is 1.79 bits per heavy atom. The summed E-state index contributed by atoms with van der Waals surface area (Å²) in [6.07, 6.45) is 7.43. The topological polar surface area (TPSA) is 50.2 Å². The Bertz CT molecular complexity index is 1130. The molecule has 0 bridgehead atoms. The number of carbonyl (C=O) groups excluding carboxylic acids is 1. The molecule has 1 aliphatic heterocycles. The van der Waals surface area contributed by atoms with E-state index in [0.717, 1.165) is 43.0 Å². The number of rotatable bonds is 6. The third-order valence-corrected chi connectivity index (χ3v) is 7.71. The van der Waals surface area contributed by atoms with Crippen molar-refractivity contribution in [2.45, 2.75) is 51.0 Å². The Morgan fingerprint density at radius 1 is 1.03 bits per heavy atom. The van der Waals surface area contributed by atoms with E-state index >= 15 is 0 Å². The van der Waals surface area contributed by atoms with Crippen molar-refractivity contribution in [3.63, 3.8) is 0 Å². The van der Waals surface area contributed by atoms with Crippen molar-refractivity contribution < 1.29 is 4.79 Å². The van der Waals surface area contributed by atoms with Gasteiger partial charge in [0, 0.05) is 41.6 Å². The molecule has 2 aliphatic rings. The van der Waals surface area contributed by atoms with E-state index in [9.17, 15) is 4.79 Å². The molecule has 1 saturated carbocycles. The van der Waals surface area contributed by atoms with Crippen molar-refractivity contribution in [1.29, 1.82) is 0 Å². The first-order valence-corrected chi connectivity index (χ1v) is 12.8. The lowest BCUT2D eigenvalue weighted by Gasteiger charge is -2.33. The Morgan fingerprint density at radius 3 is 2.55 bits per heavy atom. The molecule has 0 unspecified atom stereocenters. The minimum absolute atomic E-state index is 0.0475. The maximum Gasteiger partial charge on any atom is 0.223 e. The maximum atomic E-state index is 12.8. The fraction of sp³-hybridized carbons (Fsp3) is 0.462. The van der Waals surface area contributed by atoms with Crippen LogP contribution in [0.25, 0.3) is 11.0 Å². The monoisotopic (exact) mass is 484 g/mol. The van der Waals surface area contributed by atoms with Gasteiger partial charge in [-0.25, -0.2) is 4.98 Å². The SMILES string of the molecule is O=C(NCCc1ccc(Cl)cc1Cl)C1CCN(c2nc3ccccc3n2C2CCCC2)CC1. The van der Waals surface area contributed by atoms with Crippen molar-refractivity contribution >= 4 is 46.1 Å². The Kier molecular flexibility index (Phi) is 6.79. The van der Waals surface area contributed by atoms with Gasteiger partial charge in [0.15, 0.2) is 0 Å². The molecule has 2 aromatic carbocycles. The summed E-state index contributed by atoms with van der Waals surface area (Å²) in [5.74, 6) is 1.27. The summed E-state index contributed by atoms with van der Waals surface area (Å²) in [6, 6.07) is 14.5. The minimum atomic E-state index is 0.0475. The summed E-state index contributed by atoms with van der Waals surface area (Å²) < 4.78 is 2.47. The number of imidazole rings is 1. The molecule has 2 fully saturated rings. The van der Waals surface area contributed by atoms with Crippen LogP contribution in [0.1, 0.15) is 50.1 Å². The van der Waals surface area contributed by atoms with Crippen LogP contribution in [0.5, 0.6) is 0 Å². The van der Waals surface area contributed by atoms with Gasteiger partial charge in [0.05, 0.1) is 11.0 Å². The summed E-state index contributed by atoms with van der Waals surface area (Å²) in [7, 11) is 0. The number of hydrogen-bond acceptors (Lipinski definition) is 3. The van der Waals surface area contributed by atoms with Crippen LogP contribution in [0.4, 0.5) is 5.95 Å². The molecule has 5 rings (SSSR count). The molecule has 33 heavy (non-hydrogen) atoms. The molecule has 3 aromatic rings. The van der Waals surface area contributed by atoms with E-state index in [1.165, 1.54) is 31.2 Å². The van der Waals surface area contributed by atoms with Gasteiger partial charge in [-0.15, -0.1) is 0 Å². The molecular formula is C26H30Cl2N4O. The first-order chi connectivity index (χ1) is 16.1. The number of nitrogens with one attached hydrogen (secondary N) is 1. The fourth-order valence-corrected chi connectivity index (χ4v) is 5.81. The van der Waals surface area contributed by atoms with Crippen LogP contribution in [-0.2, 0) is 11.2 Å². The average Bonchev–Trinajstić information content (AvgIpc) is 3.48. The average molecular weight is 485 g/mol.